The normalized spacial score (nSPS) is 12.1. The number of ether oxygens (including phenoxy) is 4. The molecular weight excluding hydrogens is 370 g/mol. The first-order valence-corrected chi connectivity index (χ1v) is 9.78. The highest BCUT2D eigenvalue weighted by molar-refractivity contribution is 5.43. The van der Waals surface area contributed by atoms with Crippen molar-refractivity contribution in [3.63, 3.8) is 0 Å². The first kappa shape index (κ1) is 23.0. The van der Waals surface area contributed by atoms with Crippen LogP contribution in [0.1, 0.15) is 16.7 Å². The number of hydrogen-bond acceptors (Lipinski definition) is 6. The van der Waals surface area contributed by atoms with Crippen LogP contribution in [-0.2, 0) is 11.3 Å². The zero-order valence-electron chi connectivity index (χ0n) is 18.1. The molecule has 0 radical (unpaired) electrons. The summed E-state index contributed by atoms with van der Waals surface area (Å²) in [4.78, 5) is 2.05. The molecule has 0 fully saturated rings. The van der Waals surface area contributed by atoms with Gasteiger partial charge in [0.05, 0.1) is 13.7 Å². The topological polar surface area (TPSA) is 60.4 Å². The van der Waals surface area contributed by atoms with Gasteiger partial charge >= 0.3 is 0 Å². The van der Waals surface area contributed by atoms with Crippen LogP contribution in [0.25, 0.3) is 0 Å². The van der Waals surface area contributed by atoms with E-state index in [2.05, 4.69) is 11.0 Å². The Kier molecular flexibility index (Phi) is 9.25. The molecule has 0 saturated carbocycles. The summed E-state index contributed by atoms with van der Waals surface area (Å²) < 4.78 is 21.9. The minimum atomic E-state index is -0.587. The van der Waals surface area contributed by atoms with E-state index >= 15 is 0 Å². The molecule has 0 aliphatic rings. The van der Waals surface area contributed by atoms with Gasteiger partial charge in [-0.25, -0.2) is 0 Å². The molecule has 2 aromatic rings. The molecule has 0 unspecified atom stereocenters. The van der Waals surface area contributed by atoms with Gasteiger partial charge in [-0.05, 0) is 50.2 Å². The van der Waals surface area contributed by atoms with Gasteiger partial charge in [-0.2, -0.15) is 0 Å². The second-order valence-electron chi connectivity index (χ2n) is 7.26. The summed E-state index contributed by atoms with van der Waals surface area (Å²) in [5, 5.41) is 10.4. The van der Waals surface area contributed by atoms with E-state index in [0.717, 1.165) is 16.9 Å². The predicted octanol–water partition coefficient (Wildman–Crippen LogP) is 3.21. The fraction of sp³-hybridized carbons (Fsp3) is 0.478. The van der Waals surface area contributed by atoms with Crippen molar-refractivity contribution in [2.24, 2.45) is 0 Å². The highest BCUT2D eigenvalue weighted by Gasteiger charge is 2.12. The van der Waals surface area contributed by atoms with Gasteiger partial charge in [0.15, 0.2) is 11.5 Å². The number of aliphatic hydroxyl groups excluding tert-OH is 1. The van der Waals surface area contributed by atoms with E-state index in [1.54, 1.807) is 14.2 Å². The standard InChI is InChI=1S/C23H33NO5/c1-17-6-8-21(18(2)12-17)29-16-20(25)15-24(3)14-19-7-9-22(27-5)23(13-19)28-11-10-26-4/h6-9,12-13,20,25H,10-11,14-16H2,1-5H3/t20-/m0/s1. The number of aryl methyl sites for hydroxylation is 2. The highest BCUT2D eigenvalue weighted by Crippen LogP contribution is 2.28. The van der Waals surface area contributed by atoms with Crippen molar-refractivity contribution in [2.75, 3.05) is 47.6 Å². The van der Waals surface area contributed by atoms with Crippen molar-refractivity contribution in [1.82, 2.24) is 4.90 Å². The van der Waals surface area contributed by atoms with Crippen LogP contribution in [0.2, 0.25) is 0 Å². The summed E-state index contributed by atoms with van der Waals surface area (Å²) in [6, 6.07) is 11.9. The maximum absolute atomic E-state index is 10.4. The summed E-state index contributed by atoms with van der Waals surface area (Å²) in [6.07, 6.45) is -0.587. The van der Waals surface area contributed by atoms with Gasteiger partial charge in [-0.3, -0.25) is 4.90 Å². The molecule has 0 aliphatic heterocycles. The number of rotatable bonds is 12. The van der Waals surface area contributed by atoms with Crippen LogP contribution in [0.5, 0.6) is 17.2 Å². The maximum atomic E-state index is 10.4. The molecule has 2 rings (SSSR count). The number of methoxy groups -OCH3 is 2. The summed E-state index contributed by atoms with van der Waals surface area (Å²) in [7, 11) is 5.23. The number of hydrogen-bond donors (Lipinski definition) is 1. The molecule has 0 aliphatic carbocycles. The maximum Gasteiger partial charge on any atom is 0.161 e. The largest absolute Gasteiger partial charge is 0.493 e. The van der Waals surface area contributed by atoms with Gasteiger partial charge < -0.3 is 24.1 Å². The van der Waals surface area contributed by atoms with Crippen LogP contribution < -0.4 is 14.2 Å². The summed E-state index contributed by atoms with van der Waals surface area (Å²) in [6.45, 7) is 6.45. The second-order valence-corrected chi connectivity index (χ2v) is 7.26. The molecule has 1 N–H and O–H groups in total. The third-order valence-corrected chi connectivity index (χ3v) is 4.51. The zero-order chi connectivity index (χ0) is 21.2. The number of nitrogens with zero attached hydrogens (tertiary/aromatic N) is 1. The average molecular weight is 404 g/mol. The highest BCUT2D eigenvalue weighted by atomic mass is 16.5. The molecule has 29 heavy (non-hydrogen) atoms. The third kappa shape index (κ3) is 7.57. The van der Waals surface area contributed by atoms with Gasteiger partial charge in [0.2, 0.25) is 0 Å². The van der Waals surface area contributed by atoms with Crippen molar-refractivity contribution in [1.29, 1.82) is 0 Å². The Morgan fingerprint density at radius 3 is 2.38 bits per heavy atom. The average Bonchev–Trinajstić information content (AvgIpc) is 2.67. The molecule has 1 atom stereocenters. The molecule has 6 nitrogen and oxygen atoms in total. The number of aliphatic hydroxyl groups is 1. The van der Waals surface area contributed by atoms with Crippen molar-refractivity contribution in [2.45, 2.75) is 26.5 Å². The summed E-state index contributed by atoms with van der Waals surface area (Å²) >= 11 is 0. The second kappa shape index (κ2) is 11.7. The van der Waals surface area contributed by atoms with Crippen LogP contribution in [-0.4, -0.2) is 63.7 Å². The van der Waals surface area contributed by atoms with E-state index in [9.17, 15) is 5.11 Å². The van der Waals surface area contributed by atoms with Crippen molar-refractivity contribution < 1.29 is 24.1 Å². The quantitative estimate of drug-likeness (QED) is 0.549. The fourth-order valence-electron chi connectivity index (χ4n) is 3.10. The summed E-state index contributed by atoms with van der Waals surface area (Å²) in [5.74, 6) is 2.19. The molecular formula is C23H33NO5. The molecule has 160 valence electrons. The molecule has 0 heterocycles. The Hall–Kier alpha value is -2.28. The minimum absolute atomic E-state index is 0.252. The Balaban J connectivity index is 1.87. The first-order chi connectivity index (χ1) is 13.9. The molecule has 0 bridgehead atoms. The minimum Gasteiger partial charge on any atom is -0.493 e. The van der Waals surface area contributed by atoms with E-state index in [1.807, 2.05) is 51.2 Å². The van der Waals surface area contributed by atoms with Gasteiger partial charge in [0, 0.05) is 20.2 Å². The van der Waals surface area contributed by atoms with Crippen molar-refractivity contribution in [3.05, 3.63) is 53.1 Å². The fourth-order valence-corrected chi connectivity index (χ4v) is 3.10. The van der Waals surface area contributed by atoms with Gasteiger partial charge in [-0.1, -0.05) is 23.8 Å². The first-order valence-electron chi connectivity index (χ1n) is 9.78. The van der Waals surface area contributed by atoms with Crippen molar-refractivity contribution >= 4 is 0 Å². The Labute approximate surface area is 174 Å². The van der Waals surface area contributed by atoms with Crippen molar-refractivity contribution in [3.8, 4) is 17.2 Å². The predicted molar refractivity (Wildman–Crippen MR) is 114 cm³/mol. The molecule has 6 heteroatoms. The Bertz CT molecular complexity index is 765. The van der Waals surface area contributed by atoms with Gasteiger partial charge in [-0.15, -0.1) is 0 Å². The van der Waals surface area contributed by atoms with E-state index < -0.39 is 6.10 Å². The lowest BCUT2D eigenvalue weighted by atomic mass is 10.1. The lowest BCUT2D eigenvalue weighted by Gasteiger charge is -2.22. The van der Waals surface area contributed by atoms with E-state index in [0.29, 0.717) is 37.8 Å². The molecule has 2 aromatic carbocycles. The van der Waals surface area contributed by atoms with Gasteiger partial charge in [0.1, 0.15) is 25.1 Å². The smallest absolute Gasteiger partial charge is 0.161 e. The lowest BCUT2D eigenvalue weighted by Crippen LogP contribution is -2.32. The van der Waals surface area contributed by atoms with Gasteiger partial charge in [0.25, 0.3) is 0 Å². The molecule has 0 saturated heterocycles. The third-order valence-electron chi connectivity index (χ3n) is 4.51. The molecule has 0 aromatic heterocycles. The van der Waals surface area contributed by atoms with Crippen LogP contribution in [0.15, 0.2) is 36.4 Å². The molecule has 0 spiro atoms. The SMILES string of the molecule is COCCOc1cc(CN(C)C[C@H](O)COc2ccc(C)cc2C)ccc1OC. The molecule has 0 amide bonds. The Morgan fingerprint density at radius 1 is 0.931 bits per heavy atom. The van der Waals surface area contributed by atoms with E-state index in [4.69, 9.17) is 18.9 Å². The van der Waals surface area contributed by atoms with Crippen LogP contribution in [0, 0.1) is 13.8 Å². The summed E-state index contributed by atoms with van der Waals surface area (Å²) in [5.41, 5.74) is 3.34. The van der Waals surface area contributed by atoms with Crippen LogP contribution in [0.4, 0.5) is 0 Å². The van der Waals surface area contributed by atoms with Crippen LogP contribution in [0.3, 0.4) is 0 Å². The van der Waals surface area contributed by atoms with Crippen LogP contribution >= 0.6 is 0 Å². The zero-order valence-corrected chi connectivity index (χ0v) is 18.1. The monoisotopic (exact) mass is 403 g/mol. The van der Waals surface area contributed by atoms with E-state index in [1.165, 1.54) is 5.56 Å². The number of likely N-dealkylation sites (N-methyl/N-ethyl adjacent to an activating group) is 1. The Morgan fingerprint density at radius 2 is 1.69 bits per heavy atom. The lowest BCUT2D eigenvalue weighted by molar-refractivity contribution is 0.0741. The van der Waals surface area contributed by atoms with E-state index in [-0.39, 0.29) is 6.61 Å². The number of benzene rings is 2.